The highest BCUT2D eigenvalue weighted by molar-refractivity contribution is 7.93. The summed E-state index contributed by atoms with van der Waals surface area (Å²) in [6, 6.07) is 0. The first kappa shape index (κ1) is 15.4. The summed E-state index contributed by atoms with van der Waals surface area (Å²) >= 11 is 0. The molecule has 0 amide bonds. The Hall–Kier alpha value is -0.690. The molecule has 18 heavy (non-hydrogen) atoms. The van der Waals surface area contributed by atoms with E-state index in [0.717, 1.165) is 5.57 Å². The molecule has 0 unspecified atom stereocenters. The number of allylic oxidation sites excluding steroid dienone is 4. The zero-order valence-electron chi connectivity index (χ0n) is 10.8. The first-order valence-electron chi connectivity index (χ1n) is 6.01. The van der Waals surface area contributed by atoms with Gasteiger partial charge in [0.15, 0.2) is 0 Å². The average molecular weight is 275 g/mol. The maximum absolute atomic E-state index is 12.2. The highest BCUT2D eigenvalue weighted by atomic mass is 32.2. The van der Waals surface area contributed by atoms with Crippen molar-refractivity contribution in [2.24, 2.45) is 0 Å². The lowest BCUT2D eigenvalue weighted by molar-refractivity contribution is 0.106. The van der Waals surface area contributed by atoms with E-state index in [1.54, 1.807) is 19.1 Å². The van der Waals surface area contributed by atoms with Crippen LogP contribution in [0.2, 0.25) is 0 Å². The summed E-state index contributed by atoms with van der Waals surface area (Å²) in [4.78, 5) is 0.299. The topological polar surface area (TPSA) is 86.6 Å². The second-order valence-electron chi connectivity index (χ2n) is 4.70. The minimum absolute atomic E-state index is 0.299. The van der Waals surface area contributed by atoms with Gasteiger partial charge in [-0.1, -0.05) is 18.6 Å². The Labute approximate surface area is 108 Å². The molecule has 6 heteroatoms. The number of hydrogen-bond acceptors (Lipinski definition) is 4. The summed E-state index contributed by atoms with van der Waals surface area (Å²) < 4.78 is 26.7. The van der Waals surface area contributed by atoms with Crippen LogP contribution in [0.25, 0.3) is 0 Å². The first-order chi connectivity index (χ1) is 8.39. The largest absolute Gasteiger partial charge is 0.394 e. The molecule has 0 radical (unpaired) electrons. The normalized spacial score (nSPS) is 17.3. The molecule has 1 aliphatic carbocycles. The monoisotopic (exact) mass is 275 g/mol. The SMILES string of the molecule is CCC(CO)(CO)NS(=O)(=O)C1=CC=C(C)CC1. The third kappa shape index (κ3) is 3.41. The number of aliphatic hydroxyl groups is 2. The Bertz CT molecular complexity index is 438. The van der Waals surface area contributed by atoms with Crippen LogP contribution in [0.4, 0.5) is 0 Å². The van der Waals surface area contributed by atoms with E-state index in [-0.39, 0.29) is 0 Å². The molecule has 0 spiro atoms. The molecule has 0 atom stereocenters. The zero-order chi connectivity index (χ0) is 13.8. The van der Waals surface area contributed by atoms with Crippen molar-refractivity contribution in [2.75, 3.05) is 13.2 Å². The third-order valence-corrected chi connectivity index (χ3v) is 5.03. The van der Waals surface area contributed by atoms with Crippen molar-refractivity contribution in [1.82, 2.24) is 4.72 Å². The van der Waals surface area contributed by atoms with Gasteiger partial charge in [-0.2, -0.15) is 0 Å². The van der Waals surface area contributed by atoms with E-state index in [2.05, 4.69) is 4.72 Å². The van der Waals surface area contributed by atoms with E-state index >= 15 is 0 Å². The summed E-state index contributed by atoms with van der Waals surface area (Å²) in [7, 11) is -3.65. The minimum atomic E-state index is -3.65. The van der Waals surface area contributed by atoms with Crippen LogP contribution in [0.5, 0.6) is 0 Å². The van der Waals surface area contributed by atoms with Gasteiger partial charge in [-0.15, -0.1) is 0 Å². The Balaban J connectivity index is 2.95. The van der Waals surface area contributed by atoms with Gasteiger partial charge in [0.1, 0.15) is 0 Å². The molecular weight excluding hydrogens is 254 g/mol. The number of hydrogen-bond donors (Lipinski definition) is 3. The molecule has 3 N–H and O–H groups in total. The fraction of sp³-hybridized carbons (Fsp3) is 0.667. The second kappa shape index (κ2) is 5.97. The maximum Gasteiger partial charge on any atom is 0.237 e. The summed E-state index contributed by atoms with van der Waals surface area (Å²) in [5.74, 6) is 0. The lowest BCUT2D eigenvalue weighted by Gasteiger charge is -2.30. The fourth-order valence-corrected chi connectivity index (χ4v) is 3.30. The van der Waals surface area contributed by atoms with Gasteiger partial charge in [0.25, 0.3) is 0 Å². The Kier molecular flexibility index (Phi) is 5.10. The predicted octanol–water partition coefficient (Wildman–Crippen LogP) is 0.663. The van der Waals surface area contributed by atoms with Crippen molar-refractivity contribution < 1.29 is 18.6 Å². The Morgan fingerprint density at radius 2 is 1.89 bits per heavy atom. The molecule has 104 valence electrons. The number of aliphatic hydroxyl groups excluding tert-OH is 2. The molecule has 0 aromatic carbocycles. The smallest absolute Gasteiger partial charge is 0.237 e. The number of nitrogens with one attached hydrogen (secondary N) is 1. The summed E-state index contributed by atoms with van der Waals surface area (Å²) in [5, 5.41) is 18.5. The Morgan fingerprint density at radius 1 is 1.28 bits per heavy atom. The molecule has 0 aromatic heterocycles. The van der Waals surface area contributed by atoms with Crippen molar-refractivity contribution in [3.05, 3.63) is 22.6 Å². The van der Waals surface area contributed by atoms with Gasteiger partial charge in [0, 0.05) is 0 Å². The van der Waals surface area contributed by atoms with Gasteiger partial charge in [0.05, 0.1) is 23.7 Å². The van der Waals surface area contributed by atoms with Crippen LogP contribution in [0.15, 0.2) is 22.6 Å². The number of sulfonamides is 1. The lowest BCUT2D eigenvalue weighted by atomic mass is 10.0. The fourth-order valence-electron chi connectivity index (χ4n) is 1.71. The van der Waals surface area contributed by atoms with E-state index in [9.17, 15) is 18.6 Å². The molecule has 0 aliphatic heterocycles. The second-order valence-corrected chi connectivity index (χ2v) is 6.44. The van der Waals surface area contributed by atoms with Crippen LogP contribution in [-0.2, 0) is 10.0 Å². The zero-order valence-corrected chi connectivity index (χ0v) is 11.6. The van der Waals surface area contributed by atoms with Crippen molar-refractivity contribution in [2.45, 2.75) is 38.6 Å². The van der Waals surface area contributed by atoms with Gasteiger partial charge in [-0.05, 0) is 32.3 Å². The molecule has 0 saturated heterocycles. The van der Waals surface area contributed by atoms with Crippen LogP contribution in [-0.4, -0.2) is 37.4 Å². The van der Waals surface area contributed by atoms with Crippen molar-refractivity contribution in [3.8, 4) is 0 Å². The lowest BCUT2D eigenvalue weighted by Crippen LogP contribution is -2.53. The third-order valence-electron chi connectivity index (χ3n) is 3.30. The average Bonchev–Trinajstić information content (AvgIpc) is 2.37. The van der Waals surface area contributed by atoms with Crippen LogP contribution in [0.1, 0.15) is 33.1 Å². The molecule has 0 fully saturated rings. The molecule has 0 heterocycles. The molecule has 1 aliphatic rings. The van der Waals surface area contributed by atoms with Gasteiger partial charge in [0.2, 0.25) is 10.0 Å². The van der Waals surface area contributed by atoms with Crippen LogP contribution in [0, 0.1) is 0 Å². The number of rotatable bonds is 6. The van der Waals surface area contributed by atoms with E-state index in [1.807, 2.05) is 6.92 Å². The van der Waals surface area contributed by atoms with E-state index < -0.39 is 28.8 Å². The van der Waals surface area contributed by atoms with Gasteiger partial charge in [-0.25, -0.2) is 13.1 Å². The van der Waals surface area contributed by atoms with Crippen molar-refractivity contribution >= 4 is 10.0 Å². The molecule has 1 rings (SSSR count). The van der Waals surface area contributed by atoms with Crippen LogP contribution in [0.3, 0.4) is 0 Å². The molecular formula is C12H21NO4S. The van der Waals surface area contributed by atoms with Crippen LogP contribution < -0.4 is 4.72 Å². The van der Waals surface area contributed by atoms with Gasteiger partial charge >= 0.3 is 0 Å². The standard InChI is InChI=1S/C12H21NO4S/c1-3-12(8-14,9-15)13-18(16,17)11-6-4-10(2)5-7-11/h4,6,13-15H,3,5,7-9H2,1-2H3. The Morgan fingerprint density at radius 3 is 2.28 bits per heavy atom. The maximum atomic E-state index is 12.2. The van der Waals surface area contributed by atoms with E-state index in [1.165, 1.54) is 0 Å². The van der Waals surface area contributed by atoms with Crippen molar-refractivity contribution in [3.63, 3.8) is 0 Å². The molecule has 5 nitrogen and oxygen atoms in total. The van der Waals surface area contributed by atoms with Crippen molar-refractivity contribution in [1.29, 1.82) is 0 Å². The van der Waals surface area contributed by atoms with Gasteiger partial charge < -0.3 is 10.2 Å². The highest BCUT2D eigenvalue weighted by Gasteiger charge is 2.33. The summed E-state index contributed by atoms with van der Waals surface area (Å²) in [6.45, 7) is 2.81. The molecule has 0 bridgehead atoms. The molecule has 0 aromatic rings. The van der Waals surface area contributed by atoms with E-state index in [0.29, 0.717) is 24.2 Å². The predicted molar refractivity (Wildman–Crippen MR) is 70.3 cm³/mol. The van der Waals surface area contributed by atoms with E-state index in [4.69, 9.17) is 0 Å². The summed E-state index contributed by atoms with van der Waals surface area (Å²) in [6.07, 6.45) is 4.85. The minimum Gasteiger partial charge on any atom is -0.394 e. The highest BCUT2D eigenvalue weighted by Crippen LogP contribution is 2.23. The van der Waals surface area contributed by atoms with Crippen LogP contribution >= 0.6 is 0 Å². The first-order valence-corrected chi connectivity index (χ1v) is 7.49. The summed E-state index contributed by atoms with van der Waals surface area (Å²) in [5.41, 5.74) is -0.0457. The quantitative estimate of drug-likeness (QED) is 0.665. The molecule has 0 saturated carbocycles. The van der Waals surface area contributed by atoms with Gasteiger partial charge in [-0.3, -0.25) is 0 Å².